The Labute approximate surface area is 85.7 Å². The highest BCUT2D eigenvalue weighted by atomic mass is 31.2. The molecule has 1 rings (SSSR count). The summed E-state index contributed by atoms with van der Waals surface area (Å²) in [5, 5.41) is 0. The fourth-order valence-electron chi connectivity index (χ4n) is 0.898. The van der Waals surface area contributed by atoms with Crippen molar-refractivity contribution in [2.24, 2.45) is 0 Å². The van der Waals surface area contributed by atoms with E-state index in [2.05, 4.69) is 4.52 Å². The van der Waals surface area contributed by atoms with E-state index in [-0.39, 0.29) is 11.5 Å². The zero-order valence-electron chi connectivity index (χ0n) is 7.78. The highest BCUT2D eigenvalue weighted by molar-refractivity contribution is 7.46. The van der Waals surface area contributed by atoms with Gasteiger partial charge in [-0.25, -0.2) is 4.57 Å². The van der Waals surface area contributed by atoms with Crippen molar-refractivity contribution in [3.63, 3.8) is 0 Å². The third-order valence-electron chi connectivity index (χ3n) is 1.29. The molecule has 0 aliphatic heterocycles. The average molecular weight is 232 g/mol. The third-order valence-corrected chi connectivity index (χ3v) is 1.74. The lowest BCUT2D eigenvalue weighted by atomic mass is 10.3. The van der Waals surface area contributed by atoms with Crippen LogP contribution in [0.5, 0.6) is 11.5 Å². The first-order valence-corrected chi connectivity index (χ1v) is 5.43. The maximum atomic E-state index is 10.6. The van der Waals surface area contributed by atoms with Crippen molar-refractivity contribution in [2.75, 3.05) is 0 Å². The minimum atomic E-state index is -4.58. The molecule has 0 heterocycles. The lowest BCUT2D eigenvalue weighted by Gasteiger charge is -2.07. The average Bonchev–Trinajstić information content (AvgIpc) is 1.99. The van der Waals surface area contributed by atoms with Crippen LogP contribution < -0.4 is 9.26 Å². The lowest BCUT2D eigenvalue weighted by molar-refractivity contribution is -0.131. The van der Waals surface area contributed by atoms with E-state index in [4.69, 9.17) is 14.5 Å². The first-order chi connectivity index (χ1) is 6.87. The zero-order valence-corrected chi connectivity index (χ0v) is 8.68. The molecule has 1 aromatic carbocycles. The molecule has 0 fully saturated rings. The summed E-state index contributed by atoms with van der Waals surface area (Å²) < 4.78 is 19.5. The second-order valence-electron chi connectivity index (χ2n) is 2.65. The van der Waals surface area contributed by atoms with Crippen LogP contribution in [-0.2, 0) is 9.36 Å². The molecule has 0 bridgehead atoms. The minimum Gasteiger partial charge on any atom is -0.427 e. The Morgan fingerprint density at radius 1 is 1.33 bits per heavy atom. The summed E-state index contributed by atoms with van der Waals surface area (Å²) in [6.07, 6.45) is 0. The number of phosphoric ester groups is 1. The number of phosphoric acid groups is 1. The van der Waals surface area contributed by atoms with Crippen molar-refractivity contribution in [3.05, 3.63) is 24.3 Å². The predicted octanol–water partition coefficient (Wildman–Crippen LogP) is 1.08. The molecule has 0 saturated carbocycles. The molecule has 0 spiro atoms. The molecule has 0 unspecified atom stereocenters. The Morgan fingerprint density at radius 2 is 1.93 bits per heavy atom. The summed E-state index contributed by atoms with van der Waals surface area (Å²) in [5.41, 5.74) is 0. The molecular weight excluding hydrogens is 223 g/mol. The summed E-state index contributed by atoms with van der Waals surface area (Å²) >= 11 is 0. The molecule has 82 valence electrons. The van der Waals surface area contributed by atoms with Gasteiger partial charge in [0.25, 0.3) is 0 Å². The maximum Gasteiger partial charge on any atom is 0.524 e. The van der Waals surface area contributed by atoms with Crippen LogP contribution in [-0.4, -0.2) is 15.8 Å². The Kier molecular flexibility index (Phi) is 3.47. The van der Waals surface area contributed by atoms with Crippen LogP contribution in [0.25, 0.3) is 0 Å². The van der Waals surface area contributed by atoms with Gasteiger partial charge in [0.15, 0.2) is 0 Å². The van der Waals surface area contributed by atoms with Crippen molar-refractivity contribution in [1.82, 2.24) is 0 Å². The van der Waals surface area contributed by atoms with Gasteiger partial charge in [0.05, 0.1) is 0 Å². The number of benzene rings is 1. The Balaban J connectivity index is 2.83. The molecule has 7 heteroatoms. The fourth-order valence-corrected chi connectivity index (χ4v) is 1.29. The quantitative estimate of drug-likeness (QED) is 0.460. The molecular formula is C8H9O6P. The third kappa shape index (κ3) is 4.60. The van der Waals surface area contributed by atoms with Crippen LogP contribution in [0.3, 0.4) is 0 Å². The Morgan fingerprint density at radius 3 is 2.47 bits per heavy atom. The van der Waals surface area contributed by atoms with Crippen LogP contribution in [0.2, 0.25) is 0 Å². The van der Waals surface area contributed by atoms with Gasteiger partial charge in [0, 0.05) is 13.0 Å². The summed E-state index contributed by atoms with van der Waals surface area (Å²) in [4.78, 5) is 27.6. The van der Waals surface area contributed by atoms with Crippen LogP contribution in [0.4, 0.5) is 0 Å². The first kappa shape index (κ1) is 11.7. The van der Waals surface area contributed by atoms with Crippen LogP contribution >= 0.6 is 7.82 Å². The van der Waals surface area contributed by atoms with E-state index < -0.39 is 13.8 Å². The van der Waals surface area contributed by atoms with Crippen LogP contribution in [0, 0.1) is 0 Å². The number of carbonyl (C=O) groups excluding carboxylic acids is 1. The van der Waals surface area contributed by atoms with E-state index in [1.54, 1.807) is 0 Å². The second-order valence-corrected chi connectivity index (χ2v) is 3.81. The molecule has 0 radical (unpaired) electrons. The van der Waals surface area contributed by atoms with Gasteiger partial charge in [0.2, 0.25) is 0 Å². The minimum absolute atomic E-state index is 0.0675. The van der Waals surface area contributed by atoms with Crippen molar-refractivity contribution in [3.8, 4) is 11.5 Å². The molecule has 0 atom stereocenters. The number of ether oxygens (including phenoxy) is 1. The van der Waals surface area contributed by atoms with E-state index in [9.17, 15) is 9.36 Å². The number of hydrogen-bond donors (Lipinski definition) is 2. The molecule has 0 aliphatic carbocycles. The van der Waals surface area contributed by atoms with E-state index in [0.717, 1.165) is 0 Å². The number of esters is 1. The van der Waals surface area contributed by atoms with Gasteiger partial charge in [0.1, 0.15) is 11.5 Å². The van der Waals surface area contributed by atoms with E-state index >= 15 is 0 Å². The predicted molar refractivity (Wildman–Crippen MR) is 50.4 cm³/mol. The van der Waals surface area contributed by atoms with E-state index in [0.29, 0.717) is 0 Å². The van der Waals surface area contributed by atoms with E-state index in [1.165, 1.54) is 31.2 Å². The van der Waals surface area contributed by atoms with Crippen LogP contribution in [0.1, 0.15) is 6.92 Å². The first-order valence-electron chi connectivity index (χ1n) is 3.90. The molecule has 0 saturated heterocycles. The Hall–Kier alpha value is -1.36. The summed E-state index contributed by atoms with van der Waals surface area (Å²) in [6, 6.07) is 5.46. The second kappa shape index (κ2) is 4.44. The maximum absolute atomic E-state index is 10.6. The van der Waals surface area contributed by atoms with Gasteiger partial charge < -0.3 is 9.26 Å². The van der Waals surface area contributed by atoms with Gasteiger partial charge in [-0.15, -0.1) is 0 Å². The highest BCUT2D eigenvalue weighted by Crippen LogP contribution is 2.38. The Bertz CT molecular complexity index is 409. The number of hydrogen-bond acceptors (Lipinski definition) is 4. The fraction of sp³-hybridized carbons (Fsp3) is 0.125. The number of rotatable bonds is 3. The van der Waals surface area contributed by atoms with Gasteiger partial charge in [-0.3, -0.25) is 14.6 Å². The monoisotopic (exact) mass is 232 g/mol. The summed E-state index contributed by atoms with van der Waals surface area (Å²) in [6.45, 7) is 1.22. The lowest BCUT2D eigenvalue weighted by Crippen LogP contribution is -2.01. The van der Waals surface area contributed by atoms with Crippen LogP contribution in [0.15, 0.2) is 24.3 Å². The highest BCUT2D eigenvalue weighted by Gasteiger charge is 2.16. The largest absolute Gasteiger partial charge is 0.524 e. The summed E-state index contributed by atoms with van der Waals surface area (Å²) in [7, 11) is -4.58. The molecule has 0 aliphatic rings. The molecule has 2 N–H and O–H groups in total. The summed E-state index contributed by atoms with van der Waals surface area (Å²) in [5.74, 6) is -0.432. The number of carbonyl (C=O) groups is 1. The molecule has 15 heavy (non-hydrogen) atoms. The molecule has 0 aromatic heterocycles. The zero-order chi connectivity index (χ0) is 11.5. The normalized spacial score (nSPS) is 10.9. The molecule has 6 nitrogen and oxygen atoms in total. The van der Waals surface area contributed by atoms with Crippen molar-refractivity contribution in [2.45, 2.75) is 6.92 Å². The van der Waals surface area contributed by atoms with Gasteiger partial charge in [-0.1, -0.05) is 6.07 Å². The van der Waals surface area contributed by atoms with Crippen molar-refractivity contribution in [1.29, 1.82) is 0 Å². The van der Waals surface area contributed by atoms with Gasteiger partial charge in [-0.2, -0.15) is 0 Å². The van der Waals surface area contributed by atoms with Gasteiger partial charge >= 0.3 is 13.8 Å². The molecule has 0 amide bonds. The van der Waals surface area contributed by atoms with Gasteiger partial charge in [-0.05, 0) is 12.1 Å². The topological polar surface area (TPSA) is 93.1 Å². The van der Waals surface area contributed by atoms with Crippen molar-refractivity contribution >= 4 is 13.8 Å². The smallest absolute Gasteiger partial charge is 0.427 e. The molecule has 1 aromatic rings. The van der Waals surface area contributed by atoms with E-state index in [1.807, 2.05) is 0 Å². The standard InChI is InChI=1S/C8H9O6P/c1-6(9)13-7-3-2-4-8(5-7)14-15(10,11)12/h2-5H,1H3,(H2,10,11,12). The van der Waals surface area contributed by atoms with Crippen molar-refractivity contribution < 1.29 is 28.4 Å². The SMILES string of the molecule is CC(=O)Oc1cccc(OP(=O)(O)O)c1.